The minimum absolute atomic E-state index is 0.111. The van der Waals surface area contributed by atoms with Gasteiger partial charge in [-0.2, -0.15) is 0 Å². The van der Waals surface area contributed by atoms with Crippen LogP contribution in [0.1, 0.15) is 10.5 Å². The molecular formula is C10H15N5O3. The number of hydrogen-bond donors (Lipinski definition) is 3. The largest absolute Gasteiger partial charge is 0.394 e. The molecule has 8 nitrogen and oxygen atoms in total. The lowest BCUT2D eigenvalue weighted by Gasteiger charge is -2.31. The minimum atomic E-state index is -0.341. The van der Waals surface area contributed by atoms with Crippen LogP contribution in [0.15, 0.2) is 12.4 Å². The van der Waals surface area contributed by atoms with Crippen LogP contribution in [0.5, 0.6) is 0 Å². The van der Waals surface area contributed by atoms with Crippen molar-refractivity contribution in [2.75, 3.05) is 31.7 Å². The zero-order valence-corrected chi connectivity index (χ0v) is 9.74. The average molecular weight is 253 g/mol. The molecule has 1 unspecified atom stereocenters. The molecule has 1 fully saturated rings. The number of nitrogens with zero attached hydrogens (tertiary/aromatic N) is 3. The van der Waals surface area contributed by atoms with Crippen LogP contribution in [-0.2, 0) is 4.74 Å². The van der Waals surface area contributed by atoms with Gasteiger partial charge in [-0.15, -0.1) is 0 Å². The normalized spacial score (nSPS) is 19.7. The number of aliphatic hydroxyl groups is 1. The number of carbonyl (C=O) groups excluding carboxylic acids is 1. The molecule has 1 amide bonds. The van der Waals surface area contributed by atoms with E-state index in [1.165, 1.54) is 12.4 Å². The van der Waals surface area contributed by atoms with Crippen LogP contribution in [-0.4, -0.2) is 58.3 Å². The van der Waals surface area contributed by atoms with Crippen molar-refractivity contribution in [1.82, 2.24) is 14.9 Å². The van der Waals surface area contributed by atoms with E-state index in [0.29, 0.717) is 25.5 Å². The fourth-order valence-electron chi connectivity index (χ4n) is 1.71. The van der Waals surface area contributed by atoms with E-state index in [1.54, 1.807) is 4.90 Å². The van der Waals surface area contributed by atoms with E-state index in [9.17, 15) is 4.79 Å². The van der Waals surface area contributed by atoms with Crippen LogP contribution in [0.2, 0.25) is 0 Å². The van der Waals surface area contributed by atoms with Crippen molar-refractivity contribution in [2.45, 2.75) is 6.10 Å². The summed E-state index contributed by atoms with van der Waals surface area (Å²) in [4.78, 5) is 21.6. The van der Waals surface area contributed by atoms with Gasteiger partial charge in [-0.1, -0.05) is 0 Å². The minimum Gasteiger partial charge on any atom is -0.394 e. The van der Waals surface area contributed by atoms with E-state index < -0.39 is 0 Å². The van der Waals surface area contributed by atoms with E-state index in [-0.39, 0.29) is 24.3 Å². The number of nitrogens with two attached hydrogens (primary N) is 1. The Hall–Kier alpha value is -1.77. The second-order valence-electron chi connectivity index (χ2n) is 3.86. The van der Waals surface area contributed by atoms with Crippen molar-refractivity contribution >= 4 is 11.7 Å². The highest BCUT2D eigenvalue weighted by atomic mass is 16.5. The summed E-state index contributed by atoms with van der Waals surface area (Å²) in [6.07, 6.45) is 2.46. The van der Waals surface area contributed by atoms with Crippen molar-refractivity contribution in [3.05, 3.63) is 18.1 Å². The number of carbonyl (C=O) groups is 1. The smallest absolute Gasteiger partial charge is 0.274 e. The van der Waals surface area contributed by atoms with E-state index in [4.69, 9.17) is 15.7 Å². The molecule has 2 heterocycles. The summed E-state index contributed by atoms with van der Waals surface area (Å²) in [6.45, 7) is 1.10. The quantitative estimate of drug-likeness (QED) is 0.448. The maximum absolute atomic E-state index is 12.1. The van der Waals surface area contributed by atoms with Gasteiger partial charge in [0.2, 0.25) is 0 Å². The molecule has 4 N–H and O–H groups in total. The van der Waals surface area contributed by atoms with Gasteiger partial charge < -0.3 is 20.2 Å². The summed E-state index contributed by atoms with van der Waals surface area (Å²) in [5.74, 6) is 5.29. The van der Waals surface area contributed by atoms with Crippen LogP contribution in [0.25, 0.3) is 0 Å². The Morgan fingerprint density at radius 2 is 2.50 bits per heavy atom. The SMILES string of the molecule is NNc1cncc(C(=O)N2CCOC(CO)C2)n1. The van der Waals surface area contributed by atoms with Gasteiger partial charge in [0, 0.05) is 13.1 Å². The molecule has 1 atom stereocenters. The number of nitrogens with one attached hydrogen (secondary N) is 1. The average Bonchev–Trinajstić information content (AvgIpc) is 2.46. The number of morpholine rings is 1. The van der Waals surface area contributed by atoms with Gasteiger partial charge in [0.15, 0.2) is 5.82 Å². The van der Waals surface area contributed by atoms with Crippen molar-refractivity contribution in [2.24, 2.45) is 5.84 Å². The first kappa shape index (κ1) is 12.7. The zero-order valence-electron chi connectivity index (χ0n) is 9.74. The molecule has 0 aromatic carbocycles. The Kier molecular flexibility index (Phi) is 4.03. The number of nitrogen functional groups attached to an aromatic ring is 1. The number of ether oxygens (including phenoxy) is 1. The molecule has 0 saturated carbocycles. The predicted octanol–water partition coefficient (Wildman–Crippen LogP) is -1.40. The molecule has 18 heavy (non-hydrogen) atoms. The van der Waals surface area contributed by atoms with Gasteiger partial charge in [0.05, 0.1) is 31.7 Å². The fraction of sp³-hybridized carbons (Fsp3) is 0.500. The molecule has 0 radical (unpaired) electrons. The van der Waals surface area contributed by atoms with Gasteiger partial charge in [0.25, 0.3) is 5.91 Å². The van der Waals surface area contributed by atoms with Crippen LogP contribution in [0.4, 0.5) is 5.82 Å². The van der Waals surface area contributed by atoms with Crippen molar-refractivity contribution in [1.29, 1.82) is 0 Å². The summed E-state index contributed by atoms with van der Waals surface area (Å²) >= 11 is 0. The molecular weight excluding hydrogens is 238 g/mol. The van der Waals surface area contributed by atoms with Gasteiger partial charge in [-0.3, -0.25) is 9.78 Å². The van der Waals surface area contributed by atoms with Gasteiger partial charge in [-0.05, 0) is 0 Å². The van der Waals surface area contributed by atoms with E-state index >= 15 is 0 Å². The van der Waals surface area contributed by atoms with Gasteiger partial charge in [-0.25, -0.2) is 10.8 Å². The molecule has 0 spiro atoms. The highest BCUT2D eigenvalue weighted by molar-refractivity contribution is 5.92. The highest BCUT2D eigenvalue weighted by Crippen LogP contribution is 2.09. The molecule has 1 aliphatic rings. The topological polar surface area (TPSA) is 114 Å². The molecule has 1 aromatic heterocycles. The summed E-state index contributed by atoms with van der Waals surface area (Å²) in [5.41, 5.74) is 2.55. The lowest BCUT2D eigenvalue weighted by molar-refractivity contribution is -0.0448. The number of hydrazine groups is 1. The van der Waals surface area contributed by atoms with Crippen LogP contribution in [0.3, 0.4) is 0 Å². The number of hydrogen-bond acceptors (Lipinski definition) is 7. The fourth-order valence-corrected chi connectivity index (χ4v) is 1.71. The monoisotopic (exact) mass is 253 g/mol. The van der Waals surface area contributed by atoms with Crippen molar-refractivity contribution in [3.63, 3.8) is 0 Å². The third-order valence-corrected chi connectivity index (χ3v) is 2.63. The summed E-state index contributed by atoms with van der Waals surface area (Å²) in [7, 11) is 0. The van der Waals surface area contributed by atoms with Gasteiger partial charge >= 0.3 is 0 Å². The Morgan fingerprint density at radius 1 is 1.67 bits per heavy atom. The first-order valence-corrected chi connectivity index (χ1v) is 5.55. The Labute approximate surface area is 104 Å². The first-order valence-electron chi connectivity index (χ1n) is 5.55. The number of amides is 1. The number of rotatable bonds is 3. The lowest BCUT2D eigenvalue weighted by atomic mass is 10.2. The summed E-state index contributed by atoms with van der Waals surface area (Å²) < 4.78 is 5.28. The maximum Gasteiger partial charge on any atom is 0.274 e. The molecule has 0 bridgehead atoms. The molecule has 98 valence electrons. The lowest BCUT2D eigenvalue weighted by Crippen LogP contribution is -2.47. The second kappa shape index (κ2) is 5.71. The molecule has 2 rings (SSSR count). The Bertz CT molecular complexity index is 428. The predicted molar refractivity (Wildman–Crippen MR) is 62.6 cm³/mol. The van der Waals surface area contributed by atoms with Crippen LogP contribution < -0.4 is 11.3 Å². The Morgan fingerprint density at radius 3 is 3.22 bits per heavy atom. The molecule has 1 aliphatic heterocycles. The summed E-state index contributed by atoms with van der Waals surface area (Å²) in [5, 5.41) is 9.03. The number of anilines is 1. The third-order valence-electron chi connectivity index (χ3n) is 2.63. The van der Waals surface area contributed by atoms with E-state index in [1.807, 2.05) is 0 Å². The van der Waals surface area contributed by atoms with Crippen molar-refractivity contribution < 1.29 is 14.6 Å². The maximum atomic E-state index is 12.1. The molecule has 0 aliphatic carbocycles. The Balaban J connectivity index is 2.10. The number of aliphatic hydroxyl groups excluding tert-OH is 1. The van der Waals surface area contributed by atoms with Crippen LogP contribution in [0, 0.1) is 0 Å². The van der Waals surface area contributed by atoms with Crippen LogP contribution >= 0.6 is 0 Å². The van der Waals surface area contributed by atoms with E-state index in [0.717, 1.165) is 0 Å². The number of aromatic nitrogens is 2. The molecule has 1 saturated heterocycles. The molecule has 1 aromatic rings. The summed E-state index contributed by atoms with van der Waals surface area (Å²) in [6, 6.07) is 0. The second-order valence-corrected chi connectivity index (χ2v) is 3.86. The standard InChI is InChI=1S/C10H15N5O3/c11-14-9-4-12-3-8(13-9)10(17)15-1-2-18-7(5-15)6-16/h3-4,7,16H,1-2,5-6,11H2,(H,13,14). The third kappa shape index (κ3) is 2.73. The van der Waals surface area contributed by atoms with E-state index in [2.05, 4.69) is 15.4 Å². The molecule has 8 heteroatoms. The van der Waals surface area contributed by atoms with Crippen molar-refractivity contribution in [3.8, 4) is 0 Å². The zero-order chi connectivity index (χ0) is 13.0. The van der Waals surface area contributed by atoms with Gasteiger partial charge in [0.1, 0.15) is 5.69 Å². The highest BCUT2D eigenvalue weighted by Gasteiger charge is 2.25. The first-order chi connectivity index (χ1) is 8.74.